The maximum absolute atomic E-state index is 11.6. The van der Waals surface area contributed by atoms with Crippen molar-refractivity contribution in [3.8, 4) is 0 Å². The number of nitrogens with zero attached hydrogens (tertiary/aromatic N) is 1. The van der Waals surface area contributed by atoms with Crippen molar-refractivity contribution in [3.05, 3.63) is 39.9 Å². The Balaban J connectivity index is 2.77. The fourth-order valence-corrected chi connectivity index (χ4v) is 1.44. The number of carboxylic acid groups (broad SMARTS) is 1. The standard InChI is InChI=1S/C11H12N2O6/c14-6-8(11(16)17)12-10(15)5-7-3-1-2-4-9(7)13(18)19/h1-4,8,14H,5-6H2,(H,12,15)(H,16,17)/t8-/m1/s1. The lowest BCUT2D eigenvalue weighted by Gasteiger charge is -2.11. The molecule has 19 heavy (non-hydrogen) atoms. The molecule has 1 rings (SSSR count). The number of nitro groups is 1. The van der Waals surface area contributed by atoms with Crippen LogP contribution in [0.5, 0.6) is 0 Å². The first-order chi connectivity index (χ1) is 8.95. The number of nitro benzene ring substituents is 1. The zero-order valence-corrected chi connectivity index (χ0v) is 9.78. The summed E-state index contributed by atoms with van der Waals surface area (Å²) in [5.74, 6) is -2.09. The van der Waals surface area contributed by atoms with Gasteiger partial charge in [-0.2, -0.15) is 0 Å². The summed E-state index contributed by atoms with van der Waals surface area (Å²) in [5, 5.41) is 30.2. The van der Waals surface area contributed by atoms with Crippen LogP contribution < -0.4 is 5.32 Å². The van der Waals surface area contributed by atoms with Crippen molar-refractivity contribution in [1.82, 2.24) is 5.32 Å². The third-order valence-electron chi connectivity index (χ3n) is 2.36. The normalized spacial score (nSPS) is 11.6. The van der Waals surface area contributed by atoms with Gasteiger partial charge in [0.1, 0.15) is 6.04 Å². The summed E-state index contributed by atoms with van der Waals surface area (Å²) in [6.07, 6.45) is -0.332. The van der Waals surface area contributed by atoms with Gasteiger partial charge in [-0.25, -0.2) is 4.79 Å². The lowest BCUT2D eigenvalue weighted by Crippen LogP contribution is -2.44. The van der Waals surface area contributed by atoms with Gasteiger partial charge < -0.3 is 15.5 Å². The Morgan fingerprint density at radius 1 is 1.37 bits per heavy atom. The van der Waals surface area contributed by atoms with Gasteiger partial charge in [-0.05, 0) is 0 Å². The first kappa shape index (κ1) is 14.6. The van der Waals surface area contributed by atoms with Crippen LogP contribution in [-0.4, -0.2) is 39.7 Å². The predicted octanol–water partition coefficient (Wildman–Crippen LogP) is -0.301. The van der Waals surface area contributed by atoms with Crippen molar-refractivity contribution >= 4 is 17.6 Å². The molecular formula is C11H12N2O6. The molecule has 0 saturated heterocycles. The molecule has 0 saturated carbocycles. The molecule has 0 bridgehead atoms. The molecule has 0 aromatic heterocycles. The molecule has 8 nitrogen and oxygen atoms in total. The summed E-state index contributed by atoms with van der Waals surface area (Å²) in [6, 6.07) is 4.25. The lowest BCUT2D eigenvalue weighted by atomic mass is 10.1. The molecule has 8 heteroatoms. The number of hydrogen-bond donors (Lipinski definition) is 3. The van der Waals surface area contributed by atoms with Crippen molar-refractivity contribution in [2.75, 3.05) is 6.61 Å². The van der Waals surface area contributed by atoms with E-state index < -0.39 is 29.4 Å². The second-order valence-electron chi connectivity index (χ2n) is 3.70. The molecule has 0 spiro atoms. The van der Waals surface area contributed by atoms with Crippen LogP contribution in [0.1, 0.15) is 5.56 Å². The van der Waals surface area contributed by atoms with E-state index in [2.05, 4.69) is 5.32 Å². The van der Waals surface area contributed by atoms with E-state index in [0.29, 0.717) is 0 Å². The Kier molecular flexibility index (Phi) is 4.95. The van der Waals surface area contributed by atoms with E-state index in [-0.39, 0.29) is 17.7 Å². The van der Waals surface area contributed by atoms with Gasteiger partial charge in [0.25, 0.3) is 5.69 Å². The number of aliphatic hydroxyl groups excluding tert-OH is 1. The summed E-state index contributed by atoms with van der Waals surface area (Å²) in [5.41, 5.74) is -0.0411. The maximum Gasteiger partial charge on any atom is 0.328 e. The molecule has 0 radical (unpaired) electrons. The molecule has 1 aromatic rings. The summed E-state index contributed by atoms with van der Waals surface area (Å²) in [7, 11) is 0. The number of rotatable bonds is 6. The largest absolute Gasteiger partial charge is 0.480 e. The number of carbonyl (C=O) groups excluding carboxylic acids is 1. The van der Waals surface area contributed by atoms with Gasteiger partial charge in [0.05, 0.1) is 18.0 Å². The molecule has 3 N–H and O–H groups in total. The van der Waals surface area contributed by atoms with Gasteiger partial charge in [-0.15, -0.1) is 0 Å². The fraction of sp³-hybridized carbons (Fsp3) is 0.273. The number of carbonyl (C=O) groups is 2. The highest BCUT2D eigenvalue weighted by Gasteiger charge is 2.21. The number of hydrogen-bond acceptors (Lipinski definition) is 5. The molecule has 1 aromatic carbocycles. The van der Waals surface area contributed by atoms with E-state index in [9.17, 15) is 19.7 Å². The summed E-state index contributed by atoms with van der Waals surface area (Å²) >= 11 is 0. The average molecular weight is 268 g/mol. The minimum atomic E-state index is -1.42. The van der Waals surface area contributed by atoms with Crippen LogP contribution in [0, 0.1) is 10.1 Å². The second kappa shape index (κ2) is 6.45. The number of benzene rings is 1. The fourth-order valence-electron chi connectivity index (χ4n) is 1.44. The van der Waals surface area contributed by atoms with E-state index >= 15 is 0 Å². The minimum absolute atomic E-state index is 0.173. The van der Waals surface area contributed by atoms with Crippen LogP contribution in [-0.2, 0) is 16.0 Å². The first-order valence-corrected chi connectivity index (χ1v) is 5.31. The molecule has 1 amide bonds. The number of aliphatic hydroxyl groups is 1. The molecule has 0 heterocycles. The highest BCUT2D eigenvalue weighted by molar-refractivity contribution is 5.85. The quantitative estimate of drug-likeness (QED) is 0.479. The summed E-state index contributed by atoms with van der Waals surface area (Å²) in [4.78, 5) is 32.3. The smallest absolute Gasteiger partial charge is 0.328 e. The number of nitrogens with one attached hydrogen (secondary N) is 1. The van der Waals surface area contributed by atoms with Crippen LogP contribution in [0.2, 0.25) is 0 Å². The van der Waals surface area contributed by atoms with Crippen molar-refractivity contribution in [2.24, 2.45) is 0 Å². The summed E-state index contributed by atoms with van der Waals surface area (Å²) < 4.78 is 0. The topological polar surface area (TPSA) is 130 Å². The van der Waals surface area contributed by atoms with Gasteiger partial charge in [0, 0.05) is 11.6 Å². The van der Waals surface area contributed by atoms with Crippen molar-refractivity contribution < 1.29 is 24.7 Å². The Hall–Kier alpha value is -2.48. The van der Waals surface area contributed by atoms with Crippen molar-refractivity contribution in [1.29, 1.82) is 0 Å². The highest BCUT2D eigenvalue weighted by Crippen LogP contribution is 2.17. The Morgan fingerprint density at radius 3 is 2.53 bits per heavy atom. The number of amides is 1. The van der Waals surface area contributed by atoms with Crippen LogP contribution in [0.3, 0.4) is 0 Å². The van der Waals surface area contributed by atoms with Crippen LogP contribution in [0.25, 0.3) is 0 Å². The molecule has 0 aliphatic rings. The van der Waals surface area contributed by atoms with E-state index in [1.807, 2.05) is 0 Å². The molecular weight excluding hydrogens is 256 g/mol. The second-order valence-corrected chi connectivity index (χ2v) is 3.70. The number of para-hydroxylation sites is 1. The number of carboxylic acids is 1. The van der Waals surface area contributed by atoms with Gasteiger partial charge >= 0.3 is 5.97 Å². The Labute approximate surface area is 107 Å². The van der Waals surface area contributed by atoms with E-state index in [4.69, 9.17) is 10.2 Å². The first-order valence-electron chi connectivity index (χ1n) is 5.31. The average Bonchev–Trinajstić information content (AvgIpc) is 2.35. The van der Waals surface area contributed by atoms with Crippen molar-refractivity contribution in [2.45, 2.75) is 12.5 Å². The molecule has 0 fully saturated rings. The number of aliphatic carboxylic acids is 1. The zero-order chi connectivity index (χ0) is 14.4. The van der Waals surface area contributed by atoms with Gasteiger partial charge in [-0.3, -0.25) is 14.9 Å². The van der Waals surface area contributed by atoms with E-state index in [1.54, 1.807) is 0 Å². The minimum Gasteiger partial charge on any atom is -0.480 e. The lowest BCUT2D eigenvalue weighted by molar-refractivity contribution is -0.385. The molecule has 0 unspecified atom stereocenters. The Bertz CT molecular complexity index is 502. The SMILES string of the molecule is O=C(Cc1ccccc1[N+](=O)[O-])N[C@H](CO)C(=O)O. The monoisotopic (exact) mass is 268 g/mol. The van der Waals surface area contributed by atoms with Crippen LogP contribution in [0.15, 0.2) is 24.3 Å². The zero-order valence-electron chi connectivity index (χ0n) is 9.78. The predicted molar refractivity (Wildman–Crippen MR) is 63.5 cm³/mol. The molecule has 0 aliphatic heterocycles. The van der Waals surface area contributed by atoms with Gasteiger partial charge in [0.15, 0.2) is 0 Å². The third-order valence-corrected chi connectivity index (χ3v) is 2.36. The molecule has 102 valence electrons. The highest BCUT2D eigenvalue weighted by atomic mass is 16.6. The Morgan fingerprint density at radius 2 is 2.00 bits per heavy atom. The van der Waals surface area contributed by atoms with E-state index in [0.717, 1.165) is 0 Å². The third kappa shape index (κ3) is 4.03. The van der Waals surface area contributed by atoms with Crippen LogP contribution >= 0.6 is 0 Å². The van der Waals surface area contributed by atoms with Crippen molar-refractivity contribution in [3.63, 3.8) is 0 Å². The summed E-state index contributed by atoms with van der Waals surface area (Å²) in [6.45, 7) is -0.752. The van der Waals surface area contributed by atoms with Crippen LogP contribution in [0.4, 0.5) is 5.69 Å². The maximum atomic E-state index is 11.6. The molecule has 1 atom stereocenters. The van der Waals surface area contributed by atoms with Gasteiger partial charge in [0.2, 0.25) is 5.91 Å². The van der Waals surface area contributed by atoms with Gasteiger partial charge in [-0.1, -0.05) is 18.2 Å². The van der Waals surface area contributed by atoms with E-state index in [1.165, 1.54) is 24.3 Å². The molecule has 0 aliphatic carbocycles.